The highest BCUT2D eigenvalue weighted by molar-refractivity contribution is 5.61. The van der Waals surface area contributed by atoms with Gasteiger partial charge in [-0.15, -0.1) is 0 Å². The molecule has 16 heavy (non-hydrogen) atoms. The number of benzene rings is 1. The number of anilines is 1. The van der Waals surface area contributed by atoms with Gasteiger partial charge in [-0.1, -0.05) is 25.1 Å². The highest BCUT2D eigenvalue weighted by atomic mass is 16.3. The summed E-state index contributed by atoms with van der Waals surface area (Å²) in [6.45, 7) is 4.17. The number of nitrogens with one attached hydrogen (secondary N) is 2. The fourth-order valence-corrected chi connectivity index (χ4v) is 2.15. The second kappa shape index (κ2) is 5.32. The average Bonchev–Trinajstić information content (AvgIpc) is 2.79. The highest BCUT2D eigenvalue weighted by Gasteiger charge is 2.13. The van der Waals surface area contributed by atoms with Gasteiger partial charge in [0.1, 0.15) is 0 Å². The van der Waals surface area contributed by atoms with Crippen LogP contribution in [0.25, 0.3) is 0 Å². The minimum Gasteiger partial charge on any atom is -0.395 e. The molecule has 0 saturated heterocycles. The van der Waals surface area contributed by atoms with E-state index in [1.165, 1.54) is 16.8 Å². The summed E-state index contributed by atoms with van der Waals surface area (Å²) in [5, 5.41) is 15.9. The summed E-state index contributed by atoms with van der Waals surface area (Å²) >= 11 is 0. The Morgan fingerprint density at radius 3 is 3.12 bits per heavy atom. The van der Waals surface area contributed by atoms with Crippen molar-refractivity contribution in [3.05, 3.63) is 29.3 Å². The standard InChI is InChI=1S/C13H20N2O/c1-2-12(9-16)15-8-11-5-3-4-10-6-7-14-13(10)11/h3-5,12,14-16H,2,6-9H2,1H3/t12-/m0/s1. The summed E-state index contributed by atoms with van der Waals surface area (Å²) in [6.07, 6.45) is 2.08. The van der Waals surface area contributed by atoms with Gasteiger partial charge in [0.25, 0.3) is 0 Å². The lowest BCUT2D eigenvalue weighted by molar-refractivity contribution is 0.238. The first-order chi connectivity index (χ1) is 7.85. The van der Waals surface area contributed by atoms with Crippen LogP contribution in [0.1, 0.15) is 24.5 Å². The minimum absolute atomic E-state index is 0.206. The molecule has 1 aromatic rings. The lowest BCUT2D eigenvalue weighted by Crippen LogP contribution is -2.31. The predicted octanol–water partition coefficient (Wildman–Crippen LogP) is 1.52. The van der Waals surface area contributed by atoms with Gasteiger partial charge in [0.2, 0.25) is 0 Å². The zero-order valence-corrected chi connectivity index (χ0v) is 9.79. The molecule has 0 unspecified atom stereocenters. The Morgan fingerprint density at radius 2 is 2.38 bits per heavy atom. The van der Waals surface area contributed by atoms with Gasteiger partial charge < -0.3 is 15.7 Å². The number of aliphatic hydroxyl groups excluding tert-OH is 1. The van der Waals surface area contributed by atoms with Crippen LogP contribution in [0.2, 0.25) is 0 Å². The molecule has 2 rings (SSSR count). The van der Waals surface area contributed by atoms with Gasteiger partial charge in [0.05, 0.1) is 6.61 Å². The number of aliphatic hydroxyl groups is 1. The Kier molecular flexibility index (Phi) is 3.80. The van der Waals surface area contributed by atoms with Gasteiger partial charge in [-0.3, -0.25) is 0 Å². The van der Waals surface area contributed by atoms with Crippen LogP contribution < -0.4 is 10.6 Å². The third-order valence-electron chi connectivity index (χ3n) is 3.23. The number of hydrogen-bond acceptors (Lipinski definition) is 3. The fraction of sp³-hybridized carbons (Fsp3) is 0.538. The summed E-state index contributed by atoms with van der Waals surface area (Å²) in [7, 11) is 0. The Morgan fingerprint density at radius 1 is 1.50 bits per heavy atom. The van der Waals surface area contributed by atoms with Crippen LogP contribution in [0, 0.1) is 0 Å². The molecule has 3 N–H and O–H groups in total. The SMILES string of the molecule is CC[C@@H](CO)NCc1cccc2c1NCC2. The Labute approximate surface area is 96.9 Å². The molecular weight excluding hydrogens is 200 g/mol. The van der Waals surface area contributed by atoms with Crippen LogP contribution in [0.15, 0.2) is 18.2 Å². The van der Waals surface area contributed by atoms with Gasteiger partial charge in [-0.2, -0.15) is 0 Å². The molecule has 3 heteroatoms. The first-order valence-corrected chi connectivity index (χ1v) is 6.04. The Hall–Kier alpha value is -1.06. The minimum atomic E-state index is 0.206. The topological polar surface area (TPSA) is 44.3 Å². The molecule has 1 atom stereocenters. The lowest BCUT2D eigenvalue weighted by atomic mass is 10.1. The van der Waals surface area contributed by atoms with Crippen LogP contribution in [0.4, 0.5) is 5.69 Å². The maximum atomic E-state index is 9.12. The van der Waals surface area contributed by atoms with Crippen molar-refractivity contribution >= 4 is 5.69 Å². The quantitative estimate of drug-likeness (QED) is 0.705. The van der Waals surface area contributed by atoms with Gasteiger partial charge in [-0.05, 0) is 24.0 Å². The molecule has 3 nitrogen and oxygen atoms in total. The van der Waals surface area contributed by atoms with Crippen LogP contribution in [-0.4, -0.2) is 24.3 Å². The van der Waals surface area contributed by atoms with Crippen molar-refractivity contribution < 1.29 is 5.11 Å². The number of hydrogen-bond donors (Lipinski definition) is 3. The maximum absolute atomic E-state index is 9.12. The van der Waals surface area contributed by atoms with Crippen molar-refractivity contribution in [1.29, 1.82) is 0 Å². The molecule has 1 heterocycles. The molecule has 88 valence electrons. The summed E-state index contributed by atoms with van der Waals surface area (Å²) < 4.78 is 0. The highest BCUT2D eigenvalue weighted by Crippen LogP contribution is 2.26. The molecule has 1 aliphatic heterocycles. The molecule has 0 fully saturated rings. The molecule has 0 saturated carbocycles. The van der Waals surface area contributed by atoms with Crippen molar-refractivity contribution in [2.24, 2.45) is 0 Å². The van der Waals surface area contributed by atoms with Crippen LogP contribution in [0.3, 0.4) is 0 Å². The zero-order valence-electron chi connectivity index (χ0n) is 9.79. The van der Waals surface area contributed by atoms with E-state index < -0.39 is 0 Å². The number of para-hydroxylation sites is 1. The third-order valence-corrected chi connectivity index (χ3v) is 3.23. The van der Waals surface area contributed by atoms with E-state index in [1.807, 2.05) is 0 Å². The summed E-state index contributed by atoms with van der Waals surface area (Å²) in [6, 6.07) is 6.65. The van der Waals surface area contributed by atoms with Gasteiger partial charge in [0.15, 0.2) is 0 Å². The van der Waals surface area contributed by atoms with E-state index in [0.717, 1.165) is 25.9 Å². The van der Waals surface area contributed by atoms with Crippen LogP contribution in [0.5, 0.6) is 0 Å². The van der Waals surface area contributed by atoms with Crippen molar-refractivity contribution in [2.75, 3.05) is 18.5 Å². The van der Waals surface area contributed by atoms with E-state index in [2.05, 4.69) is 35.8 Å². The van der Waals surface area contributed by atoms with E-state index in [0.29, 0.717) is 0 Å². The van der Waals surface area contributed by atoms with E-state index in [-0.39, 0.29) is 12.6 Å². The van der Waals surface area contributed by atoms with Crippen molar-refractivity contribution in [1.82, 2.24) is 5.32 Å². The fourth-order valence-electron chi connectivity index (χ4n) is 2.15. The molecule has 0 amide bonds. The zero-order chi connectivity index (χ0) is 11.4. The molecule has 0 radical (unpaired) electrons. The van der Waals surface area contributed by atoms with Crippen LogP contribution in [-0.2, 0) is 13.0 Å². The molecule has 1 aliphatic rings. The molecule has 0 aliphatic carbocycles. The molecule has 0 aromatic heterocycles. The van der Waals surface area contributed by atoms with Crippen molar-refractivity contribution in [3.63, 3.8) is 0 Å². The molecule has 0 bridgehead atoms. The smallest absolute Gasteiger partial charge is 0.0584 e. The summed E-state index contributed by atoms with van der Waals surface area (Å²) in [5.74, 6) is 0. The number of rotatable bonds is 5. The predicted molar refractivity (Wildman–Crippen MR) is 66.6 cm³/mol. The largest absolute Gasteiger partial charge is 0.395 e. The monoisotopic (exact) mass is 220 g/mol. The third kappa shape index (κ3) is 2.36. The van der Waals surface area contributed by atoms with Gasteiger partial charge in [-0.25, -0.2) is 0 Å². The van der Waals surface area contributed by atoms with Gasteiger partial charge in [0, 0.05) is 24.8 Å². The van der Waals surface area contributed by atoms with Gasteiger partial charge >= 0.3 is 0 Å². The van der Waals surface area contributed by atoms with E-state index in [9.17, 15) is 0 Å². The maximum Gasteiger partial charge on any atom is 0.0584 e. The summed E-state index contributed by atoms with van der Waals surface area (Å²) in [4.78, 5) is 0. The molecule has 1 aromatic carbocycles. The number of fused-ring (bicyclic) bond motifs is 1. The Bertz CT molecular complexity index is 348. The van der Waals surface area contributed by atoms with E-state index >= 15 is 0 Å². The van der Waals surface area contributed by atoms with E-state index in [4.69, 9.17) is 5.11 Å². The van der Waals surface area contributed by atoms with Crippen LogP contribution >= 0.6 is 0 Å². The van der Waals surface area contributed by atoms with E-state index in [1.54, 1.807) is 0 Å². The van der Waals surface area contributed by atoms with Crippen molar-refractivity contribution in [3.8, 4) is 0 Å². The molecular formula is C13H20N2O. The first-order valence-electron chi connectivity index (χ1n) is 6.04. The first kappa shape index (κ1) is 11.4. The lowest BCUT2D eigenvalue weighted by Gasteiger charge is -2.15. The molecule has 0 spiro atoms. The van der Waals surface area contributed by atoms with Crippen molar-refractivity contribution in [2.45, 2.75) is 32.4 Å². The Balaban J connectivity index is 2.02. The average molecular weight is 220 g/mol. The second-order valence-electron chi connectivity index (χ2n) is 4.30. The summed E-state index contributed by atoms with van der Waals surface area (Å²) in [5.41, 5.74) is 4.01. The second-order valence-corrected chi connectivity index (χ2v) is 4.30. The normalized spacial score (nSPS) is 15.6.